The maximum absolute atomic E-state index is 12.9. The molecule has 0 radical (unpaired) electrons. The van der Waals surface area contributed by atoms with Crippen LogP contribution in [-0.4, -0.2) is 53.9 Å². The maximum atomic E-state index is 12.9. The SMILES string of the molecule is COC(=O)C(OC[C@@H]1C[C@@H]1Cn1cc(C)c(=O)n(C(=O)c2ccccc2)c1=O)P(C)(C)=O. The third kappa shape index (κ3) is 5.16. The molecule has 0 saturated heterocycles. The highest BCUT2D eigenvalue weighted by Gasteiger charge is 2.41. The number of carbonyl (C=O) groups excluding carboxylic acids is 2. The first-order chi connectivity index (χ1) is 15.0. The van der Waals surface area contributed by atoms with Gasteiger partial charge in [0.05, 0.1) is 13.7 Å². The zero-order valence-corrected chi connectivity index (χ0v) is 19.4. The van der Waals surface area contributed by atoms with Gasteiger partial charge in [-0.25, -0.2) is 9.59 Å². The standard InChI is InChI=1S/C22H27N2O7P/c1-14-11-23(22(28)24(18(14)25)19(26)15-8-6-5-7-9-15)12-16-10-17(16)13-31-21(20(27)30-2)32(3,4)29/h5-9,11,16-17,21H,10,12-13H2,1-4H3/t16-,17+,21?/m1/s1. The lowest BCUT2D eigenvalue weighted by atomic mass is 10.2. The quantitative estimate of drug-likeness (QED) is 0.434. The molecule has 3 atom stereocenters. The van der Waals surface area contributed by atoms with Crippen molar-refractivity contribution in [1.29, 1.82) is 0 Å². The van der Waals surface area contributed by atoms with Crippen LogP contribution in [0.5, 0.6) is 0 Å². The Morgan fingerprint density at radius 3 is 2.41 bits per heavy atom. The van der Waals surface area contributed by atoms with E-state index in [0.717, 1.165) is 6.42 Å². The van der Waals surface area contributed by atoms with Crippen molar-refractivity contribution in [2.24, 2.45) is 11.8 Å². The molecule has 1 unspecified atom stereocenters. The van der Waals surface area contributed by atoms with Crippen LogP contribution >= 0.6 is 7.14 Å². The second kappa shape index (κ2) is 9.38. The number of benzene rings is 1. The van der Waals surface area contributed by atoms with Crippen LogP contribution in [0.15, 0.2) is 46.1 Å². The largest absolute Gasteiger partial charge is 0.467 e. The lowest BCUT2D eigenvalue weighted by Crippen LogP contribution is -2.44. The molecule has 3 rings (SSSR count). The highest BCUT2D eigenvalue weighted by molar-refractivity contribution is 7.63. The first-order valence-electron chi connectivity index (χ1n) is 10.2. The summed E-state index contributed by atoms with van der Waals surface area (Å²) in [6.45, 7) is 4.99. The smallest absolute Gasteiger partial charge is 0.342 e. The summed E-state index contributed by atoms with van der Waals surface area (Å²) in [5, 5.41) is 0. The van der Waals surface area contributed by atoms with E-state index in [2.05, 4.69) is 4.74 Å². The summed E-state index contributed by atoms with van der Waals surface area (Å²) in [5.74, 6) is -2.34. The minimum atomic E-state index is -2.86. The molecular weight excluding hydrogens is 435 g/mol. The van der Waals surface area contributed by atoms with Gasteiger partial charge in [0, 0.05) is 23.9 Å². The van der Waals surface area contributed by atoms with E-state index in [-0.39, 0.29) is 29.6 Å². The summed E-state index contributed by atoms with van der Waals surface area (Å²) in [6, 6.07) is 8.16. The number of hydrogen-bond acceptors (Lipinski definition) is 7. The van der Waals surface area contributed by atoms with E-state index in [1.54, 1.807) is 37.3 Å². The normalized spacial score (nSPS) is 18.8. The number of methoxy groups -OCH3 is 1. The lowest BCUT2D eigenvalue weighted by molar-refractivity contribution is -0.149. The number of rotatable bonds is 8. The molecule has 0 N–H and O–H groups in total. The molecule has 1 heterocycles. The molecule has 1 aliphatic carbocycles. The first kappa shape index (κ1) is 23.9. The molecule has 0 amide bonds. The number of carbonyl (C=O) groups is 2. The van der Waals surface area contributed by atoms with Crippen LogP contribution in [-0.2, 0) is 25.4 Å². The second-order valence-corrected chi connectivity index (χ2v) is 11.8. The fourth-order valence-electron chi connectivity index (χ4n) is 3.56. The molecule has 2 aromatic rings. The maximum Gasteiger partial charge on any atom is 0.342 e. The number of aromatic nitrogens is 2. The fourth-order valence-corrected chi connectivity index (χ4v) is 4.62. The number of esters is 1. The average molecular weight is 462 g/mol. The van der Waals surface area contributed by atoms with Crippen molar-refractivity contribution in [3.8, 4) is 0 Å². The van der Waals surface area contributed by atoms with Crippen LogP contribution in [0.4, 0.5) is 0 Å². The van der Waals surface area contributed by atoms with Gasteiger partial charge in [-0.1, -0.05) is 18.2 Å². The van der Waals surface area contributed by atoms with Crippen LogP contribution in [0.2, 0.25) is 0 Å². The average Bonchev–Trinajstić information content (AvgIpc) is 3.49. The van der Waals surface area contributed by atoms with E-state index in [4.69, 9.17) is 4.74 Å². The van der Waals surface area contributed by atoms with Crippen LogP contribution in [0.1, 0.15) is 22.3 Å². The molecule has 1 aromatic carbocycles. The molecule has 0 aliphatic heterocycles. The van der Waals surface area contributed by atoms with E-state index in [9.17, 15) is 23.7 Å². The fraction of sp³-hybridized carbons (Fsp3) is 0.455. The van der Waals surface area contributed by atoms with Gasteiger partial charge in [0.25, 0.3) is 11.5 Å². The molecule has 1 aliphatic rings. The second-order valence-electron chi connectivity index (χ2n) is 8.46. The van der Waals surface area contributed by atoms with Crippen LogP contribution in [0.3, 0.4) is 0 Å². The van der Waals surface area contributed by atoms with Crippen molar-refractivity contribution in [2.45, 2.75) is 25.7 Å². The van der Waals surface area contributed by atoms with E-state index in [1.807, 2.05) is 0 Å². The van der Waals surface area contributed by atoms with Crippen molar-refractivity contribution in [1.82, 2.24) is 9.13 Å². The third-order valence-electron chi connectivity index (χ3n) is 5.49. The summed E-state index contributed by atoms with van der Waals surface area (Å²) in [6.07, 6.45) is 2.20. The molecule has 32 heavy (non-hydrogen) atoms. The molecule has 0 spiro atoms. The molecule has 0 bridgehead atoms. The molecule has 1 saturated carbocycles. The van der Waals surface area contributed by atoms with Crippen LogP contribution in [0.25, 0.3) is 0 Å². The minimum absolute atomic E-state index is 0.0612. The van der Waals surface area contributed by atoms with E-state index < -0.39 is 36.1 Å². The number of nitrogens with zero attached hydrogens (tertiary/aromatic N) is 2. The summed E-state index contributed by atoms with van der Waals surface area (Å²) < 4.78 is 24.6. The summed E-state index contributed by atoms with van der Waals surface area (Å²) in [7, 11) is -1.64. The van der Waals surface area contributed by atoms with Gasteiger partial charge in [-0.2, -0.15) is 4.57 Å². The molecule has 172 valence electrons. The Morgan fingerprint density at radius 1 is 1.16 bits per heavy atom. The van der Waals surface area contributed by atoms with Gasteiger partial charge < -0.3 is 14.0 Å². The van der Waals surface area contributed by atoms with Crippen molar-refractivity contribution in [3.05, 3.63) is 68.5 Å². The lowest BCUT2D eigenvalue weighted by Gasteiger charge is -2.19. The Kier molecular flexibility index (Phi) is 7.00. The predicted octanol–water partition coefficient (Wildman–Crippen LogP) is 1.78. The highest BCUT2D eigenvalue weighted by Crippen LogP contribution is 2.46. The summed E-state index contributed by atoms with van der Waals surface area (Å²) >= 11 is 0. The van der Waals surface area contributed by atoms with Crippen LogP contribution < -0.4 is 11.2 Å². The van der Waals surface area contributed by atoms with Crippen LogP contribution in [0, 0.1) is 18.8 Å². The van der Waals surface area contributed by atoms with E-state index >= 15 is 0 Å². The van der Waals surface area contributed by atoms with Crippen molar-refractivity contribution in [2.75, 3.05) is 27.0 Å². The summed E-state index contributed by atoms with van der Waals surface area (Å²) in [4.78, 5) is 50.1. The van der Waals surface area contributed by atoms with E-state index in [0.29, 0.717) is 11.1 Å². The van der Waals surface area contributed by atoms with Crippen molar-refractivity contribution in [3.63, 3.8) is 0 Å². The van der Waals surface area contributed by atoms with Gasteiger partial charge in [-0.3, -0.25) is 14.2 Å². The number of ether oxygens (including phenoxy) is 2. The predicted molar refractivity (Wildman–Crippen MR) is 119 cm³/mol. The first-order valence-corrected chi connectivity index (χ1v) is 12.9. The molecule has 1 fully saturated rings. The van der Waals surface area contributed by atoms with Gasteiger partial charge in [-0.15, -0.1) is 0 Å². The zero-order valence-electron chi connectivity index (χ0n) is 18.5. The molecule has 9 nitrogen and oxygen atoms in total. The zero-order chi connectivity index (χ0) is 23.6. The van der Waals surface area contributed by atoms with Gasteiger partial charge >= 0.3 is 11.7 Å². The van der Waals surface area contributed by atoms with E-state index in [1.165, 1.54) is 31.2 Å². The Labute approximate surface area is 185 Å². The minimum Gasteiger partial charge on any atom is -0.467 e. The van der Waals surface area contributed by atoms with Crippen molar-refractivity contribution >= 4 is 19.0 Å². The van der Waals surface area contributed by atoms with Gasteiger partial charge in [0.1, 0.15) is 7.14 Å². The highest BCUT2D eigenvalue weighted by atomic mass is 31.2. The van der Waals surface area contributed by atoms with Crippen molar-refractivity contribution < 1.29 is 23.6 Å². The Balaban J connectivity index is 1.74. The number of aryl methyl sites for hydroxylation is 1. The Hall–Kier alpha value is -2.77. The molecular formula is C22H27N2O7P. The van der Waals surface area contributed by atoms with Gasteiger partial charge in [0.15, 0.2) is 0 Å². The third-order valence-corrected chi connectivity index (χ3v) is 6.98. The molecule has 10 heteroatoms. The van der Waals surface area contributed by atoms with Gasteiger partial charge in [-0.05, 0) is 50.6 Å². The monoisotopic (exact) mass is 462 g/mol. The topological polar surface area (TPSA) is 114 Å². The summed E-state index contributed by atoms with van der Waals surface area (Å²) in [5.41, 5.74) is -0.802. The molecule has 1 aromatic heterocycles. The van der Waals surface area contributed by atoms with Gasteiger partial charge in [0.2, 0.25) is 5.85 Å². The Bertz CT molecular complexity index is 1180. The Morgan fingerprint density at radius 2 is 1.81 bits per heavy atom. The number of hydrogen-bond donors (Lipinski definition) is 0.